The maximum atomic E-state index is 11.7. The Morgan fingerprint density at radius 3 is 2.68 bits per heavy atom. The van der Waals surface area contributed by atoms with Crippen LogP contribution < -0.4 is 5.73 Å². The van der Waals surface area contributed by atoms with E-state index in [9.17, 15) is 8.42 Å². The summed E-state index contributed by atoms with van der Waals surface area (Å²) in [5.74, 6) is 0.625. The lowest BCUT2D eigenvalue weighted by Crippen LogP contribution is -2.34. The Balaban J connectivity index is 2.65. The topological polar surface area (TPSA) is 88.8 Å². The molecular formula is C13H19N3O2S. The molecule has 0 saturated heterocycles. The van der Waals surface area contributed by atoms with E-state index in [1.165, 1.54) is 6.26 Å². The quantitative estimate of drug-likeness (QED) is 0.896. The lowest BCUT2D eigenvalue weighted by molar-refractivity contribution is 0.424. The van der Waals surface area contributed by atoms with Gasteiger partial charge in [0.15, 0.2) is 9.84 Å². The zero-order valence-corrected chi connectivity index (χ0v) is 12.2. The maximum absolute atomic E-state index is 11.7. The minimum atomic E-state index is -3.30. The molecule has 1 heterocycles. The number of nitrogens with zero attached hydrogens (tertiary/aromatic N) is 1. The van der Waals surface area contributed by atoms with Gasteiger partial charge in [-0.2, -0.15) is 0 Å². The summed E-state index contributed by atoms with van der Waals surface area (Å²) < 4.78 is 23.5. The van der Waals surface area contributed by atoms with Gasteiger partial charge >= 0.3 is 0 Å². The molecule has 1 unspecified atom stereocenters. The van der Waals surface area contributed by atoms with E-state index >= 15 is 0 Å². The van der Waals surface area contributed by atoms with Gasteiger partial charge in [0.05, 0.1) is 16.0 Å². The number of imidazole rings is 1. The van der Waals surface area contributed by atoms with Crippen LogP contribution in [0.1, 0.15) is 32.5 Å². The molecule has 0 aliphatic carbocycles. The van der Waals surface area contributed by atoms with Crippen molar-refractivity contribution in [1.82, 2.24) is 9.97 Å². The first-order valence-electron chi connectivity index (χ1n) is 6.24. The predicted octanol–water partition coefficient (Wildman–Crippen LogP) is 1.94. The molecule has 0 spiro atoms. The van der Waals surface area contributed by atoms with Gasteiger partial charge in [0.1, 0.15) is 11.3 Å². The Kier molecular flexibility index (Phi) is 3.40. The number of hydrogen-bond acceptors (Lipinski definition) is 4. The van der Waals surface area contributed by atoms with Crippen LogP contribution in [0.3, 0.4) is 0 Å². The smallest absolute Gasteiger partial charge is 0.177 e. The molecule has 1 aromatic heterocycles. The number of rotatable bonds is 4. The molecule has 19 heavy (non-hydrogen) atoms. The molecule has 0 aliphatic rings. The average Bonchev–Trinajstić information content (AvgIpc) is 2.71. The highest BCUT2D eigenvalue weighted by Crippen LogP contribution is 2.26. The standard InChI is InChI=1S/C13H19N3O2S/c1-4-8-13(2,14)12-15-9-6-5-7-10(11(9)16-12)19(3,17)18/h5-7H,4,8,14H2,1-3H3,(H,15,16). The van der Waals surface area contributed by atoms with E-state index in [0.29, 0.717) is 16.9 Å². The molecule has 0 radical (unpaired) electrons. The van der Waals surface area contributed by atoms with Crippen LogP contribution in [0.15, 0.2) is 23.1 Å². The zero-order valence-electron chi connectivity index (χ0n) is 11.4. The van der Waals surface area contributed by atoms with Gasteiger partial charge in [0.2, 0.25) is 0 Å². The third kappa shape index (κ3) is 2.64. The Hall–Kier alpha value is -1.40. The monoisotopic (exact) mass is 281 g/mol. The molecule has 0 amide bonds. The number of benzene rings is 1. The molecule has 3 N–H and O–H groups in total. The molecule has 0 aliphatic heterocycles. The molecule has 0 fully saturated rings. The molecule has 0 saturated carbocycles. The summed E-state index contributed by atoms with van der Waals surface area (Å²) in [7, 11) is -3.30. The van der Waals surface area contributed by atoms with Gasteiger partial charge in [0.25, 0.3) is 0 Å². The fraction of sp³-hybridized carbons (Fsp3) is 0.462. The van der Waals surface area contributed by atoms with Crippen molar-refractivity contribution in [3.63, 3.8) is 0 Å². The largest absolute Gasteiger partial charge is 0.340 e. The Bertz CT molecular complexity index is 702. The third-order valence-corrected chi connectivity index (χ3v) is 4.31. The number of nitrogens with two attached hydrogens (primary N) is 1. The van der Waals surface area contributed by atoms with Crippen LogP contribution in [-0.4, -0.2) is 24.6 Å². The van der Waals surface area contributed by atoms with Crippen molar-refractivity contribution in [1.29, 1.82) is 0 Å². The van der Waals surface area contributed by atoms with Gasteiger partial charge < -0.3 is 10.7 Å². The Morgan fingerprint density at radius 1 is 1.42 bits per heavy atom. The molecule has 1 atom stereocenters. The lowest BCUT2D eigenvalue weighted by Gasteiger charge is -2.20. The van der Waals surface area contributed by atoms with Crippen molar-refractivity contribution in [2.24, 2.45) is 5.73 Å². The molecule has 2 rings (SSSR count). The summed E-state index contributed by atoms with van der Waals surface area (Å²) in [5.41, 5.74) is 6.81. The Morgan fingerprint density at radius 2 is 2.11 bits per heavy atom. The van der Waals surface area contributed by atoms with Gasteiger partial charge in [-0.1, -0.05) is 19.4 Å². The molecule has 6 heteroatoms. The second-order valence-corrected chi connectivity index (χ2v) is 7.16. The molecular weight excluding hydrogens is 262 g/mol. The van der Waals surface area contributed by atoms with Crippen LogP contribution >= 0.6 is 0 Å². The number of fused-ring (bicyclic) bond motifs is 1. The van der Waals surface area contributed by atoms with Crippen molar-refractivity contribution in [3.8, 4) is 0 Å². The van der Waals surface area contributed by atoms with Crippen LogP contribution in [0, 0.1) is 0 Å². The van der Waals surface area contributed by atoms with Gasteiger partial charge in [-0.3, -0.25) is 0 Å². The summed E-state index contributed by atoms with van der Waals surface area (Å²) >= 11 is 0. The van der Waals surface area contributed by atoms with Crippen molar-refractivity contribution >= 4 is 20.9 Å². The Labute approximate surface area is 113 Å². The minimum absolute atomic E-state index is 0.236. The van der Waals surface area contributed by atoms with Gasteiger partial charge in [-0.15, -0.1) is 0 Å². The number of hydrogen-bond donors (Lipinski definition) is 2. The fourth-order valence-corrected chi connectivity index (χ4v) is 3.05. The number of aromatic nitrogens is 2. The van der Waals surface area contributed by atoms with Gasteiger partial charge in [0, 0.05) is 6.26 Å². The van der Waals surface area contributed by atoms with Gasteiger partial charge in [-0.25, -0.2) is 13.4 Å². The number of H-pyrrole nitrogens is 1. The second kappa shape index (κ2) is 4.61. The minimum Gasteiger partial charge on any atom is -0.340 e. The number of aromatic amines is 1. The van der Waals surface area contributed by atoms with E-state index in [-0.39, 0.29) is 4.90 Å². The normalized spacial score (nSPS) is 15.6. The number of nitrogens with one attached hydrogen (secondary N) is 1. The molecule has 1 aromatic carbocycles. The van der Waals surface area contributed by atoms with E-state index in [0.717, 1.165) is 12.8 Å². The summed E-state index contributed by atoms with van der Waals surface area (Å²) in [6.07, 6.45) is 2.90. The molecule has 2 aromatic rings. The van der Waals surface area contributed by atoms with Crippen LogP contribution in [0.5, 0.6) is 0 Å². The van der Waals surface area contributed by atoms with Gasteiger partial charge in [-0.05, 0) is 25.5 Å². The number of sulfone groups is 1. The van der Waals surface area contributed by atoms with Crippen LogP contribution in [0.2, 0.25) is 0 Å². The van der Waals surface area contributed by atoms with E-state index in [4.69, 9.17) is 5.73 Å². The molecule has 5 nitrogen and oxygen atoms in total. The van der Waals surface area contributed by atoms with E-state index < -0.39 is 15.4 Å². The van der Waals surface area contributed by atoms with Crippen LogP contribution in [0.4, 0.5) is 0 Å². The first kappa shape index (κ1) is 14.0. The SMILES string of the molecule is CCCC(C)(N)c1nc2c(S(C)(=O)=O)cccc2[nH]1. The first-order valence-corrected chi connectivity index (χ1v) is 8.13. The first-order chi connectivity index (χ1) is 8.75. The molecule has 0 bridgehead atoms. The van der Waals surface area contributed by atoms with Crippen LogP contribution in [-0.2, 0) is 15.4 Å². The highest BCUT2D eigenvalue weighted by atomic mass is 32.2. The predicted molar refractivity (Wildman–Crippen MR) is 75.7 cm³/mol. The summed E-state index contributed by atoms with van der Waals surface area (Å²) in [5, 5.41) is 0. The van der Waals surface area contributed by atoms with Crippen molar-refractivity contribution in [3.05, 3.63) is 24.0 Å². The van der Waals surface area contributed by atoms with E-state index in [2.05, 4.69) is 16.9 Å². The van der Waals surface area contributed by atoms with Crippen LogP contribution in [0.25, 0.3) is 11.0 Å². The number of para-hydroxylation sites is 1. The fourth-order valence-electron chi connectivity index (χ4n) is 2.21. The highest BCUT2D eigenvalue weighted by Gasteiger charge is 2.25. The van der Waals surface area contributed by atoms with E-state index in [1.807, 2.05) is 13.0 Å². The second-order valence-electron chi connectivity index (χ2n) is 5.18. The summed E-state index contributed by atoms with van der Waals surface area (Å²) in [4.78, 5) is 7.78. The molecule has 104 valence electrons. The zero-order chi connectivity index (χ0) is 14.3. The third-order valence-electron chi connectivity index (χ3n) is 3.19. The van der Waals surface area contributed by atoms with Crippen molar-refractivity contribution in [2.45, 2.75) is 37.1 Å². The van der Waals surface area contributed by atoms with E-state index in [1.54, 1.807) is 12.1 Å². The van der Waals surface area contributed by atoms with Crippen molar-refractivity contribution < 1.29 is 8.42 Å². The highest BCUT2D eigenvalue weighted by molar-refractivity contribution is 7.91. The summed E-state index contributed by atoms with van der Waals surface area (Å²) in [6.45, 7) is 3.95. The van der Waals surface area contributed by atoms with Crippen molar-refractivity contribution in [2.75, 3.05) is 6.26 Å². The summed E-state index contributed by atoms with van der Waals surface area (Å²) in [6, 6.07) is 5.08. The maximum Gasteiger partial charge on any atom is 0.177 e. The lowest BCUT2D eigenvalue weighted by atomic mass is 9.97. The average molecular weight is 281 g/mol.